The summed E-state index contributed by atoms with van der Waals surface area (Å²) in [5, 5.41) is 17.3. The Morgan fingerprint density at radius 1 is 0.133 bits per heavy atom. The Morgan fingerprint density at radius 3 is 0.741 bits per heavy atom. The molecule has 0 unspecified atom stereocenters. The second-order valence-electron chi connectivity index (χ2n) is 35.8. The summed E-state index contributed by atoms with van der Waals surface area (Å²) in [6.45, 7) is 0. The average Bonchev–Trinajstić information content (AvgIpc) is 1.57. The second kappa shape index (κ2) is 34.1. The molecule has 0 aliphatic rings. The van der Waals surface area contributed by atoms with Crippen LogP contribution >= 0.6 is 0 Å². The molecule has 30 aromatic rings. The highest BCUT2D eigenvalue weighted by molar-refractivity contribution is 6.31. The first-order valence-corrected chi connectivity index (χ1v) is 47.3. The summed E-state index contributed by atoms with van der Waals surface area (Å²) in [5.41, 5.74) is 16.2. The van der Waals surface area contributed by atoms with Crippen molar-refractivity contribution in [1.82, 2.24) is 0 Å². The molecule has 0 saturated heterocycles. The van der Waals surface area contributed by atoms with Crippen molar-refractivity contribution < 1.29 is 46.1 Å². The van der Waals surface area contributed by atoms with E-state index in [1.807, 2.05) is 194 Å². The Labute approximate surface area is 858 Å². The molecule has 3 heteroatoms. The Kier molecular flexibility index (Phi) is 14.7. The largest absolute Gasteiger partial charge is 0.455 e. The fourth-order valence-electron chi connectivity index (χ4n) is 21.8. The molecule has 664 valence electrons. The molecule has 0 N–H and O–H groups in total. The van der Waals surface area contributed by atoms with Crippen LogP contribution in [0.4, 0.5) is 0 Å². The van der Waals surface area contributed by atoms with Crippen molar-refractivity contribution in [3.05, 3.63) is 521 Å². The van der Waals surface area contributed by atoms with Gasteiger partial charge in [-0.3, -0.25) is 0 Å². The van der Waals surface area contributed by atoms with Crippen molar-refractivity contribution in [2.24, 2.45) is 0 Å². The average molecular weight is 1840 g/mol. The lowest BCUT2D eigenvalue weighted by atomic mass is 9.84. The van der Waals surface area contributed by atoms with Crippen molar-refractivity contribution in [1.29, 1.82) is 0 Å². The van der Waals surface area contributed by atoms with Gasteiger partial charge in [0.05, 0.1) is 32.9 Å². The standard InChI is InChI=1S/C50H30O.C46H28O.C44H28O/c1-2-13-33-29-36(26-23-31(33)11-1)47-40-15-5-7-17-42(40)48(43-18-8-6-16-41(43)47)44-20-10-22-46-49(44)45-21-9-19-39(50(45)51-46)35-27-28-38-34(30-35)25-24-32-12-3-4-14-37(32)38;1-2-13-30(14-3-1)43-36-16-6-8-18-38(36)44(39-19-9-7-17-37(39)43)40-21-11-23-42-45(40)41-22-10-20-35(46(41)47-42)32-26-27-34-31(28-32)25-24-29-12-4-5-15-33(29)34;1-3-13-29(14-4-1)30-25-27-31(28-26-30)33-21-11-23-39-43-38(22-12-24-40(43)45-44(33)39)42-36-19-9-7-17-34(36)41(32-15-5-2-6-16-32)35-18-8-10-20-37(35)42/h1-30H;1-28H;1-28H/i5D,6D,7D,8D,15D,16D,17D,18D;6D,7D,8D,9D,16D,17D,18D,19D;7D,8D,9D,10D,17D,18D,19D,20D. The zero-order valence-electron chi connectivity index (χ0n) is 100. The first-order valence-electron chi connectivity index (χ1n) is 59.3. The van der Waals surface area contributed by atoms with E-state index in [0.717, 1.165) is 93.0 Å². The highest BCUT2D eigenvalue weighted by Gasteiger charge is 2.28. The fraction of sp³-hybridized carbons (Fsp3) is 0. The van der Waals surface area contributed by atoms with E-state index < -0.39 is 72.5 Å². The minimum Gasteiger partial charge on any atom is -0.455 e. The molecule has 0 spiro atoms. The SMILES string of the molecule is [2H]c1c([2H])c([2H])c2c(-c3cccc4oc5c(-c6ccc(-c7ccccc7)cc6)cccc5c34)c3c([2H])c([2H])c([2H])c([2H])c3c(-c3ccccc3)c2c1[2H].[2H]c1c([2H])c([2H])c2c(-c3cccc4oc5c(-c6ccc7c(ccc8ccccc87)c6)cccc5c34)c3c([2H])c([2H])c([2H])c([2H])c3c(-c3ccc4ccccc4c3)c2c1[2H].[2H]c1c([2H])c([2H])c2c(-c3cccc4oc5c(-c6ccc7c(ccc8ccccc87)c6)cccc5c34)c3c([2H])c([2H])c([2H])c([2H])c3c(-c3ccccc3)c2c1[2H]. The predicted molar refractivity (Wildman–Crippen MR) is 608 cm³/mol. The molecule has 0 fully saturated rings. The van der Waals surface area contributed by atoms with Crippen LogP contribution in [0.25, 0.3) is 296 Å². The Hall–Kier alpha value is -18.8. The highest BCUT2D eigenvalue weighted by Crippen LogP contribution is 2.54. The van der Waals surface area contributed by atoms with E-state index in [9.17, 15) is 16.4 Å². The molecular formula is C140H86O3. The van der Waals surface area contributed by atoms with E-state index >= 15 is 0 Å². The normalized spacial score (nSPS) is 14.1. The van der Waals surface area contributed by atoms with Gasteiger partial charge >= 0.3 is 0 Å². The molecule has 3 aromatic heterocycles. The lowest BCUT2D eigenvalue weighted by Crippen LogP contribution is -1.91. The lowest BCUT2D eigenvalue weighted by Gasteiger charge is -2.18. The Bertz CT molecular complexity index is 11800. The minimum absolute atomic E-state index is 0.163. The molecule has 0 radical (unpaired) electrons. The summed E-state index contributed by atoms with van der Waals surface area (Å²) in [5.74, 6) is 0. The summed E-state index contributed by atoms with van der Waals surface area (Å²) >= 11 is 0. The maximum Gasteiger partial charge on any atom is 0.143 e. The van der Waals surface area contributed by atoms with Crippen LogP contribution < -0.4 is 0 Å². The second-order valence-corrected chi connectivity index (χ2v) is 35.8. The van der Waals surface area contributed by atoms with Gasteiger partial charge in [0, 0.05) is 49.0 Å². The third kappa shape index (κ3) is 13.7. The van der Waals surface area contributed by atoms with Gasteiger partial charge in [-0.25, -0.2) is 0 Å². The quantitative estimate of drug-likeness (QED) is 0.101. The molecule has 3 heterocycles. The van der Waals surface area contributed by atoms with E-state index in [4.69, 9.17) is 29.7 Å². The zero-order chi connectivity index (χ0) is 115. The van der Waals surface area contributed by atoms with Crippen molar-refractivity contribution in [3.8, 4) is 111 Å². The summed E-state index contributed by atoms with van der Waals surface area (Å²) in [6.07, 6.45) is 0. The molecular weight excluding hydrogens is 1730 g/mol. The molecule has 0 aliphatic carbocycles. The van der Waals surface area contributed by atoms with Crippen LogP contribution in [-0.2, 0) is 0 Å². The molecule has 27 aromatic carbocycles. The number of rotatable bonds is 10. The number of para-hydroxylation sites is 3. The monoisotopic (exact) mass is 1840 g/mol. The first-order chi connectivity index (χ1) is 80.9. The van der Waals surface area contributed by atoms with Gasteiger partial charge in [0.1, 0.15) is 33.5 Å². The van der Waals surface area contributed by atoms with Crippen LogP contribution in [0.1, 0.15) is 32.9 Å². The topological polar surface area (TPSA) is 39.4 Å². The number of fused-ring (bicyclic) bond motifs is 22. The zero-order valence-corrected chi connectivity index (χ0v) is 76.0. The number of hydrogen-bond donors (Lipinski definition) is 0. The molecule has 0 aliphatic heterocycles. The summed E-state index contributed by atoms with van der Waals surface area (Å²) in [4.78, 5) is 0. The van der Waals surface area contributed by atoms with Crippen LogP contribution in [-0.4, -0.2) is 0 Å². The number of hydrogen-bond acceptors (Lipinski definition) is 3. The van der Waals surface area contributed by atoms with Gasteiger partial charge in [0.25, 0.3) is 0 Å². The molecule has 0 bridgehead atoms. The van der Waals surface area contributed by atoms with Crippen LogP contribution in [0.15, 0.2) is 534 Å². The Balaban J connectivity index is 0.000000117. The van der Waals surface area contributed by atoms with Crippen LogP contribution in [0.3, 0.4) is 0 Å². The maximum atomic E-state index is 9.49. The van der Waals surface area contributed by atoms with Gasteiger partial charge in [-0.15, -0.1) is 0 Å². The lowest BCUT2D eigenvalue weighted by molar-refractivity contribution is 0.669. The smallest absolute Gasteiger partial charge is 0.143 e. The molecule has 30 rings (SSSR count). The van der Waals surface area contributed by atoms with Crippen molar-refractivity contribution in [2.75, 3.05) is 0 Å². The van der Waals surface area contributed by atoms with Gasteiger partial charge in [-0.2, -0.15) is 0 Å². The fourth-order valence-corrected chi connectivity index (χ4v) is 21.8. The third-order valence-electron chi connectivity index (χ3n) is 28.1. The first kappa shape index (κ1) is 61.4. The maximum absolute atomic E-state index is 9.49. The van der Waals surface area contributed by atoms with Crippen LogP contribution in [0.5, 0.6) is 0 Å². The molecule has 0 amide bonds. The molecule has 143 heavy (non-hydrogen) atoms. The van der Waals surface area contributed by atoms with Crippen molar-refractivity contribution in [3.63, 3.8) is 0 Å². The van der Waals surface area contributed by atoms with E-state index in [2.05, 4.69) is 121 Å². The van der Waals surface area contributed by atoms with Crippen LogP contribution in [0, 0.1) is 0 Å². The van der Waals surface area contributed by atoms with E-state index in [1.165, 1.54) is 21.5 Å². The van der Waals surface area contributed by atoms with Gasteiger partial charge < -0.3 is 13.3 Å². The van der Waals surface area contributed by atoms with Crippen molar-refractivity contribution >= 4 is 184 Å². The number of furan rings is 3. The van der Waals surface area contributed by atoms with Gasteiger partial charge in [0.15, 0.2) is 0 Å². The highest BCUT2D eigenvalue weighted by atomic mass is 16.3. The van der Waals surface area contributed by atoms with Gasteiger partial charge in [0.2, 0.25) is 0 Å². The summed E-state index contributed by atoms with van der Waals surface area (Å²) in [7, 11) is 0. The Morgan fingerprint density at radius 2 is 0.371 bits per heavy atom. The van der Waals surface area contributed by atoms with E-state index in [-0.39, 0.29) is 143 Å². The molecule has 3 nitrogen and oxygen atoms in total. The van der Waals surface area contributed by atoms with Crippen LogP contribution in [0.2, 0.25) is 0 Å². The van der Waals surface area contributed by atoms with E-state index in [0.29, 0.717) is 111 Å². The van der Waals surface area contributed by atoms with Crippen molar-refractivity contribution in [2.45, 2.75) is 0 Å². The van der Waals surface area contributed by atoms with Gasteiger partial charge in [-0.05, 0) is 249 Å². The van der Waals surface area contributed by atoms with Gasteiger partial charge in [-0.1, -0.05) is 485 Å². The number of benzene rings is 27. The van der Waals surface area contributed by atoms with E-state index in [1.54, 1.807) is 60.7 Å². The summed E-state index contributed by atoms with van der Waals surface area (Å²) < 4.78 is 238. The predicted octanol–water partition coefficient (Wildman–Crippen LogP) is 40.1. The molecule has 0 atom stereocenters. The minimum atomic E-state index is -0.441. The molecule has 0 saturated carbocycles. The third-order valence-corrected chi connectivity index (χ3v) is 28.1. The summed E-state index contributed by atoms with van der Waals surface area (Å²) in [6, 6.07) is 113.